The lowest BCUT2D eigenvalue weighted by Gasteiger charge is -2.06. The highest BCUT2D eigenvalue weighted by Gasteiger charge is 2.00. The molecule has 1 heterocycles. The van der Waals surface area contributed by atoms with Crippen LogP contribution >= 0.6 is 0 Å². The number of benzene rings is 1. The van der Waals surface area contributed by atoms with E-state index in [1.54, 1.807) is 6.07 Å². The lowest BCUT2D eigenvalue weighted by Crippen LogP contribution is -2.11. The van der Waals surface area contributed by atoms with Crippen LogP contribution in [0.4, 0.5) is 0 Å². The van der Waals surface area contributed by atoms with Crippen molar-refractivity contribution in [3.05, 3.63) is 36.0 Å². The SMILES string of the molecule is CNCCCOc1ccc2nc(C#N)ccc2c1. The highest BCUT2D eigenvalue weighted by atomic mass is 16.5. The molecule has 2 aromatic rings. The molecular weight excluding hydrogens is 226 g/mol. The van der Waals surface area contributed by atoms with Gasteiger partial charge in [0.05, 0.1) is 12.1 Å². The third-order valence-electron chi connectivity index (χ3n) is 2.62. The van der Waals surface area contributed by atoms with Crippen LogP contribution in [-0.4, -0.2) is 25.2 Å². The van der Waals surface area contributed by atoms with E-state index in [9.17, 15) is 0 Å². The molecule has 0 atom stereocenters. The van der Waals surface area contributed by atoms with Crippen molar-refractivity contribution in [2.45, 2.75) is 6.42 Å². The highest BCUT2D eigenvalue weighted by molar-refractivity contribution is 5.80. The molecule has 1 aromatic heterocycles. The Bertz CT molecular complexity index is 575. The molecule has 2 rings (SSSR count). The Morgan fingerprint density at radius 1 is 1.33 bits per heavy atom. The molecule has 1 aromatic carbocycles. The predicted molar refractivity (Wildman–Crippen MR) is 70.5 cm³/mol. The molecule has 92 valence electrons. The molecule has 4 heteroatoms. The Morgan fingerprint density at radius 3 is 3.00 bits per heavy atom. The van der Waals surface area contributed by atoms with Crippen LogP contribution in [0.25, 0.3) is 10.9 Å². The number of nitrogens with zero attached hydrogens (tertiary/aromatic N) is 2. The van der Waals surface area contributed by atoms with E-state index in [2.05, 4.69) is 10.3 Å². The second-order valence-electron chi connectivity index (χ2n) is 3.97. The smallest absolute Gasteiger partial charge is 0.141 e. The lowest BCUT2D eigenvalue weighted by molar-refractivity contribution is 0.310. The Morgan fingerprint density at radius 2 is 2.22 bits per heavy atom. The van der Waals surface area contributed by atoms with Crippen LogP contribution in [0.1, 0.15) is 12.1 Å². The predicted octanol–water partition coefficient (Wildman–Crippen LogP) is 2.09. The summed E-state index contributed by atoms with van der Waals surface area (Å²) in [5.41, 5.74) is 1.25. The van der Waals surface area contributed by atoms with Crippen LogP contribution in [0.15, 0.2) is 30.3 Å². The molecule has 18 heavy (non-hydrogen) atoms. The minimum atomic E-state index is 0.435. The number of rotatable bonds is 5. The molecule has 0 aliphatic rings. The topological polar surface area (TPSA) is 57.9 Å². The molecule has 0 fully saturated rings. The summed E-state index contributed by atoms with van der Waals surface area (Å²) in [7, 11) is 1.93. The molecule has 0 saturated carbocycles. The van der Waals surface area contributed by atoms with Gasteiger partial charge in [0, 0.05) is 5.39 Å². The molecule has 0 aliphatic carbocycles. The van der Waals surface area contributed by atoms with Crippen molar-refractivity contribution in [2.75, 3.05) is 20.2 Å². The summed E-state index contributed by atoms with van der Waals surface area (Å²) in [6.45, 7) is 1.64. The maximum atomic E-state index is 8.78. The number of pyridine rings is 1. The van der Waals surface area contributed by atoms with E-state index in [1.165, 1.54) is 0 Å². The maximum Gasteiger partial charge on any atom is 0.141 e. The molecule has 0 saturated heterocycles. The standard InChI is InChI=1S/C14H15N3O/c1-16-7-2-8-18-13-5-6-14-11(9-13)3-4-12(10-15)17-14/h3-6,9,16H,2,7-8H2,1H3. The minimum absolute atomic E-state index is 0.435. The number of nitriles is 1. The van der Waals surface area contributed by atoms with Gasteiger partial charge in [0.2, 0.25) is 0 Å². The van der Waals surface area contributed by atoms with E-state index in [1.807, 2.05) is 37.4 Å². The largest absolute Gasteiger partial charge is 0.494 e. The van der Waals surface area contributed by atoms with Crippen molar-refractivity contribution < 1.29 is 4.74 Å². The van der Waals surface area contributed by atoms with Crippen LogP contribution in [0, 0.1) is 11.3 Å². The second kappa shape index (κ2) is 5.99. The molecule has 0 radical (unpaired) electrons. The zero-order valence-electron chi connectivity index (χ0n) is 10.3. The first-order valence-electron chi connectivity index (χ1n) is 5.92. The third kappa shape index (κ3) is 2.96. The Hall–Kier alpha value is -2.12. The summed E-state index contributed by atoms with van der Waals surface area (Å²) in [6, 6.07) is 11.3. The van der Waals surface area contributed by atoms with Crippen molar-refractivity contribution in [3.8, 4) is 11.8 Å². The molecule has 0 aliphatic heterocycles. The lowest BCUT2D eigenvalue weighted by atomic mass is 10.2. The van der Waals surface area contributed by atoms with Crippen LogP contribution < -0.4 is 10.1 Å². The summed E-state index contributed by atoms with van der Waals surface area (Å²) < 4.78 is 5.64. The Kier molecular flexibility index (Phi) is 4.11. The zero-order chi connectivity index (χ0) is 12.8. The van der Waals surface area contributed by atoms with Gasteiger partial charge in [-0.25, -0.2) is 4.98 Å². The molecule has 1 N–H and O–H groups in total. The summed E-state index contributed by atoms with van der Waals surface area (Å²) >= 11 is 0. The van der Waals surface area contributed by atoms with Crippen LogP contribution in [0.5, 0.6) is 5.75 Å². The fourth-order valence-corrected chi connectivity index (χ4v) is 1.69. The number of aromatic nitrogens is 1. The van der Waals surface area contributed by atoms with Crippen molar-refractivity contribution in [1.29, 1.82) is 5.26 Å². The normalized spacial score (nSPS) is 10.2. The number of ether oxygens (including phenoxy) is 1. The van der Waals surface area contributed by atoms with Gasteiger partial charge in [0.15, 0.2) is 0 Å². The van der Waals surface area contributed by atoms with E-state index >= 15 is 0 Å². The molecular formula is C14H15N3O. The first-order chi connectivity index (χ1) is 8.83. The molecule has 0 amide bonds. The fraction of sp³-hybridized carbons (Fsp3) is 0.286. The van der Waals surface area contributed by atoms with E-state index < -0.39 is 0 Å². The first-order valence-corrected chi connectivity index (χ1v) is 5.92. The average molecular weight is 241 g/mol. The second-order valence-corrected chi connectivity index (χ2v) is 3.97. The minimum Gasteiger partial charge on any atom is -0.494 e. The van der Waals surface area contributed by atoms with Gasteiger partial charge in [0.1, 0.15) is 17.5 Å². The van der Waals surface area contributed by atoms with Crippen molar-refractivity contribution in [3.63, 3.8) is 0 Å². The number of hydrogen-bond acceptors (Lipinski definition) is 4. The summed E-state index contributed by atoms with van der Waals surface area (Å²) in [5, 5.41) is 12.8. The molecule has 4 nitrogen and oxygen atoms in total. The van der Waals surface area contributed by atoms with Crippen molar-refractivity contribution >= 4 is 10.9 Å². The third-order valence-corrected chi connectivity index (χ3v) is 2.62. The molecule has 0 spiro atoms. The van der Waals surface area contributed by atoms with Gasteiger partial charge >= 0.3 is 0 Å². The summed E-state index contributed by atoms with van der Waals surface area (Å²) in [6.07, 6.45) is 0.972. The van der Waals surface area contributed by atoms with E-state index in [0.29, 0.717) is 12.3 Å². The van der Waals surface area contributed by atoms with Gasteiger partial charge in [-0.1, -0.05) is 0 Å². The number of nitrogens with one attached hydrogen (secondary N) is 1. The van der Waals surface area contributed by atoms with E-state index in [4.69, 9.17) is 10.00 Å². The highest BCUT2D eigenvalue weighted by Crippen LogP contribution is 2.19. The number of hydrogen-bond donors (Lipinski definition) is 1. The van der Waals surface area contributed by atoms with Crippen LogP contribution in [-0.2, 0) is 0 Å². The van der Waals surface area contributed by atoms with Crippen molar-refractivity contribution in [2.24, 2.45) is 0 Å². The quantitative estimate of drug-likeness (QED) is 0.814. The van der Waals surface area contributed by atoms with Crippen molar-refractivity contribution in [1.82, 2.24) is 10.3 Å². The maximum absolute atomic E-state index is 8.78. The Balaban J connectivity index is 2.11. The van der Waals surface area contributed by atoms with Gasteiger partial charge in [0.25, 0.3) is 0 Å². The van der Waals surface area contributed by atoms with Gasteiger partial charge in [-0.05, 0) is 50.3 Å². The fourth-order valence-electron chi connectivity index (χ4n) is 1.69. The van der Waals surface area contributed by atoms with Crippen LogP contribution in [0.2, 0.25) is 0 Å². The Labute approximate surface area is 106 Å². The van der Waals surface area contributed by atoms with Gasteiger partial charge in [-0.3, -0.25) is 0 Å². The zero-order valence-corrected chi connectivity index (χ0v) is 10.3. The van der Waals surface area contributed by atoms with Gasteiger partial charge in [-0.2, -0.15) is 5.26 Å². The van der Waals surface area contributed by atoms with E-state index in [-0.39, 0.29) is 0 Å². The van der Waals surface area contributed by atoms with Gasteiger partial charge < -0.3 is 10.1 Å². The first kappa shape index (κ1) is 12.3. The molecule has 0 bridgehead atoms. The van der Waals surface area contributed by atoms with Crippen LogP contribution in [0.3, 0.4) is 0 Å². The average Bonchev–Trinajstić information content (AvgIpc) is 2.43. The molecule has 0 unspecified atom stereocenters. The summed E-state index contributed by atoms with van der Waals surface area (Å²) in [5.74, 6) is 0.838. The monoisotopic (exact) mass is 241 g/mol. The number of fused-ring (bicyclic) bond motifs is 1. The summed E-state index contributed by atoms with van der Waals surface area (Å²) in [4.78, 5) is 4.22. The van der Waals surface area contributed by atoms with Gasteiger partial charge in [-0.15, -0.1) is 0 Å². The van der Waals surface area contributed by atoms with E-state index in [0.717, 1.165) is 29.6 Å².